The van der Waals surface area contributed by atoms with Crippen LogP contribution in [0.3, 0.4) is 0 Å². The van der Waals surface area contributed by atoms with Crippen molar-refractivity contribution in [2.75, 3.05) is 19.6 Å². The Labute approximate surface area is 171 Å². The van der Waals surface area contributed by atoms with E-state index in [0.717, 1.165) is 25.2 Å². The Balaban J connectivity index is 1.51. The zero-order valence-corrected chi connectivity index (χ0v) is 17.1. The Hall–Kier alpha value is -1.88. The minimum atomic E-state index is -0.302. The summed E-state index contributed by atoms with van der Waals surface area (Å²) < 4.78 is 15.6. The first-order valence-electron chi connectivity index (χ1n) is 10.1. The normalized spacial score (nSPS) is 17.6. The molecule has 2 aromatic carbocycles. The van der Waals surface area contributed by atoms with Crippen molar-refractivity contribution in [2.45, 2.75) is 38.9 Å². The number of rotatable bonds is 7. The highest BCUT2D eigenvalue weighted by atomic mass is 35.5. The second kappa shape index (κ2) is 8.64. The molecule has 2 heterocycles. The van der Waals surface area contributed by atoms with Crippen LogP contribution in [0.1, 0.15) is 30.9 Å². The molecule has 3 nitrogen and oxygen atoms in total. The van der Waals surface area contributed by atoms with Gasteiger partial charge in [-0.15, -0.1) is 0 Å². The fraction of sp³-hybridized carbons (Fsp3) is 0.391. The molecular formula is C23H27ClFN3. The standard InChI is InChI=1S/C23H27ClFN3/c1-2-27-11-5-6-20(27)14-26-13-18-16-28(23-8-4-3-7-21(18)23)15-17-9-10-19(25)12-22(17)24/h3-4,7-10,12,16,20,26H,2,5-6,11,13-15H2,1H3/t20-/m1/s1. The van der Waals surface area contributed by atoms with E-state index in [-0.39, 0.29) is 5.82 Å². The Bertz CT molecular complexity index is 952. The van der Waals surface area contributed by atoms with Crippen LogP contribution in [0.25, 0.3) is 10.9 Å². The second-order valence-corrected chi connectivity index (χ2v) is 8.00. The third-order valence-corrected chi connectivity index (χ3v) is 6.18. The zero-order chi connectivity index (χ0) is 19.5. The van der Waals surface area contributed by atoms with Crippen LogP contribution in [0.15, 0.2) is 48.7 Å². The Kier molecular flexibility index (Phi) is 6.00. The smallest absolute Gasteiger partial charge is 0.124 e. The van der Waals surface area contributed by atoms with Crippen molar-refractivity contribution in [1.29, 1.82) is 0 Å². The molecule has 1 saturated heterocycles. The highest BCUT2D eigenvalue weighted by Crippen LogP contribution is 2.25. The van der Waals surface area contributed by atoms with Gasteiger partial charge in [0.1, 0.15) is 5.82 Å². The maximum Gasteiger partial charge on any atom is 0.124 e. The first-order valence-corrected chi connectivity index (χ1v) is 10.5. The predicted molar refractivity (Wildman–Crippen MR) is 114 cm³/mol. The van der Waals surface area contributed by atoms with Gasteiger partial charge in [-0.2, -0.15) is 0 Å². The summed E-state index contributed by atoms with van der Waals surface area (Å²) in [5.41, 5.74) is 3.39. The first kappa shape index (κ1) is 19.4. The fourth-order valence-electron chi connectivity index (χ4n) is 4.34. The van der Waals surface area contributed by atoms with Crippen molar-refractivity contribution in [2.24, 2.45) is 0 Å². The molecule has 4 rings (SSSR count). The van der Waals surface area contributed by atoms with Gasteiger partial charge in [-0.05, 0) is 55.3 Å². The predicted octanol–water partition coefficient (Wildman–Crippen LogP) is 5.06. The monoisotopic (exact) mass is 399 g/mol. The van der Waals surface area contributed by atoms with Crippen LogP contribution >= 0.6 is 11.6 Å². The van der Waals surface area contributed by atoms with Crippen molar-refractivity contribution in [3.05, 3.63) is 70.6 Å². The van der Waals surface area contributed by atoms with E-state index < -0.39 is 0 Å². The quantitative estimate of drug-likeness (QED) is 0.599. The lowest BCUT2D eigenvalue weighted by atomic mass is 10.1. The van der Waals surface area contributed by atoms with Gasteiger partial charge in [0.25, 0.3) is 0 Å². The van der Waals surface area contributed by atoms with Crippen molar-refractivity contribution in [3.63, 3.8) is 0 Å². The van der Waals surface area contributed by atoms with Gasteiger partial charge in [0.2, 0.25) is 0 Å². The minimum Gasteiger partial charge on any atom is -0.343 e. The lowest BCUT2D eigenvalue weighted by Gasteiger charge is -2.22. The maximum atomic E-state index is 13.4. The molecule has 0 aliphatic carbocycles. The molecule has 0 bridgehead atoms. The summed E-state index contributed by atoms with van der Waals surface area (Å²) in [4.78, 5) is 2.56. The molecule has 1 aliphatic heterocycles. The van der Waals surface area contributed by atoms with Gasteiger partial charge in [-0.25, -0.2) is 4.39 Å². The molecule has 1 atom stereocenters. The molecule has 0 saturated carbocycles. The van der Waals surface area contributed by atoms with E-state index >= 15 is 0 Å². The summed E-state index contributed by atoms with van der Waals surface area (Å²) in [5, 5.41) is 5.39. The van der Waals surface area contributed by atoms with Gasteiger partial charge in [0.05, 0.1) is 0 Å². The van der Waals surface area contributed by atoms with Crippen molar-refractivity contribution in [3.8, 4) is 0 Å². The van der Waals surface area contributed by atoms with E-state index in [1.807, 2.05) is 0 Å². The average molecular weight is 400 g/mol. The molecule has 1 aliphatic rings. The Morgan fingerprint density at radius 2 is 2.04 bits per heavy atom. The summed E-state index contributed by atoms with van der Waals surface area (Å²) in [6.07, 6.45) is 4.78. The number of nitrogens with zero attached hydrogens (tertiary/aromatic N) is 2. The summed E-state index contributed by atoms with van der Waals surface area (Å²) in [6.45, 7) is 7.10. The van der Waals surface area contributed by atoms with Gasteiger partial charge >= 0.3 is 0 Å². The molecular weight excluding hydrogens is 373 g/mol. The van der Waals surface area contributed by atoms with Crippen LogP contribution in [0.4, 0.5) is 4.39 Å². The second-order valence-electron chi connectivity index (χ2n) is 7.59. The molecule has 28 heavy (non-hydrogen) atoms. The van der Waals surface area contributed by atoms with E-state index in [4.69, 9.17) is 11.6 Å². The van der Waals surface area contributed by atoms with Crippen molar-refractivity contribution >= 4 is 22.5 Å². The number of benzene rings is 2. The van der Waals surface area contributed by atoms with E-state index in [1.54, 1.807) is 6.07 Å². The van der Waals surface area contributed by atoms with Crippen LogP contribution < -0.4 is 5.32 Å². The number of hydrogen-bond acceptors (Lipinski definition) is 2. The lowest BCUT2D eigenvalue weighted by molar-refractivity contribution is 0.260. The molecule has 0 amide bonds. The minimum absolute atomic E-state index is 0.302. The van der Waals surface area contributed by atoms with E-state index in [9.17, 15) is 4.39 Å². The molecule has 3 aromatic rings. The Morgan fingerprint density at radius 3 is 2.86 bits per heavy atom. The molecule has 1 fully saturated rings. The molecule has 1 N–H and O–H groups in total. The highest BCUT2D eigenvalue weighted by molar-refractivity contribution is 6.31. The first-order chi connectivity index (χ1) is 13.7. The van der Waals surface area contributed by atoms with E-state index in [2.05, 4.69) is 52.2 Å². The molecule has 148 valence electrons. The van der Waals surface area contributed by atoms with Crippen molar-refractivity contribution < 1.29 is 4.39 Å². The summed E-state index contributed by atoms with van der Waals surface area (Å²) in [5.74, 6) is -0.302. The van der Waals surface area contributed by atoms with Crippen LogP contribution in [-0.2, 0) is 13.1 Å². The lowest BCUT2D eigenvalue weighted by Crippen LogP contribution is -2.37. The summed E-state index contributed by atoms with van der Waals surface area (Å²) in [6, 6.07) is 13.7. The topological polar surface area (TPSA) is 20.2 Å². The fourth-order valence-corrected chi connectivity index (χ4v) is 4.57. The van der Waals surface area contributed by atoms with E-state index in [0.29, 0.717) is 17.6 Å². The largest absolute Gasteiger partial charge is 0.343 e. The molecule has 5 heteroatoms. The number of fused-ring (bicyclic) bond motifs is 1. The number of hydrogen-bond donors (Lipinski definition) is 1. The number of halogens is 2. The molecule has 0 radical (unpaired) electrons. The van der Waals surface area contributed by atoms with Crippen LogP contribution in [0.2, 0.25) is 5.02 Å². The Morgan fingerprint density at radius 1 is 1.18 bits per heavy atom. The van der Waals surface area contributed by atoms with Crippen LogP contribution in [0.5, 0.6) is 0 Å². The average Bonchev–Trinajstić information content (AvgIpc) is 3.29. The zero-order valence-electron chi connectivity index (χ0n) is 16.3. The van der Waals surface area contributed by atoms with Gasteiger partial charge in [0, 0.05) is 47.8 Å². The van der Waals surface area contributed by atoms with Crippen molar-refractivity contribution in [1.82, 2.24) is 14.8 Å². The van der Waals surface area contributed by atoms with Gasteiger partial charge < -0.3 is 9.88 Å². The number of likely N-dealkylation sites (N-methyl/N-ethyl adjacent to an activating group) is 1. The summed E-state index contributed by atoms with van der Waals surface area (Å²) in [7, 11) is 0. The number of para-hydroxylation sites is 1. The molecule has 0 unspecified atom stereocenters. The van der Waals surface area contributed by atoms with Crippen LogP contribution in [-0.4, -0.2) is 35.1 Å². The maximum absolute atomic E-state index is 13.4. The van der Waals surface area contributed by atoms with Gasteiger partial charge in [-0.3, -0.25) is 4.90 Å². The number of likely N-dealkylation sites (tertiary alicyclic amines) is 1. The highest BCUT2D eigenvalue weighted by Gasteiger charge is 2.22. The van der Waals surface area contributed by atoms with E-state index in [1.165, 1.54) is 48.0 Å². The third-order valence-electron chi connectivity index (χ3n) is 5.83. The van der Waals surface area contributed by atoms with Crippen LogP contribution in [0, 0.1) is 5.82 Å². The van der Waals surface area contributed by atoms with Gasteiger partial charge in [-0.1, -0.05) is 42.8 Å². The number of nitrogens with one attached hydrogen (secondary N) is 1. The third kappa shape index (κ3) is 4.09. The SMILES string of the molecule is CCN1CCC[C@@H]1CNCc1cn(Cc2ccc(F)cc2Cl)c2ccccc12. The molecule has 1 aromatic heterocycles. The van der Waals surface area contributed by atoms with Gasteiger partial charge in [0.15, 0.2) is 0 Å². The summed E-state index contributed by atoms with van der Waals surface area (Å²) >= 11 is 6.25. The molecule has 0 spiro atoms. The number of aromatic nitrogens is 1.